The van der Waals surface area contributed by atoms with Crippen molar-refractivity contribution in [1.29, 1.82) is 5.26 Å². The summed E-state index contributed by atoms with van der Waals surface area (Å²) in [6.45, 7) is 1.52. The Bertz CT molecular complexity index is 387. The number of hydrogen-bond acceptors (Lipinski definition) is 5. The largest absolute Gasteiger partial charge is 0.390 e. The number of oxime groups is 1. The second-order valence-electron chi connectivity index (χ2n) is 3.75. The molecule has 1 heterocycles. The first-order valence-corrected chi connectivity index (χ1v) is 5.53. The minimum absolute atomic E-state index is 0.300. The zero-order valence-corrected chi connectivity index (χ0v) is 9.46. The number of ether oxygens (including phenoxy) is 2. The van der Waals surface area contributed by atoms with Crippen LogP contribution in [0, 0.1) is 11.3 Å². The summed E-state index contributed by atoms with van der Waals surface area (Å²) < 4.78 is 10.4. The van der Waals surface area contributed by atoms with Crippen LogP contribution in [0.2, 0.25) is 0 Å². The van der Waals surface area contributed by atoms with Crippen LogP contribution >= 0.6 is 0 Å². The van der Waals surface area contributed by atoms with Crippen molar-refractivity contribution in [2.45, 2.75) is 19.1 Å². The monoisotopic (exact) mass is 234 g/mol. The summed E-state index contributed by atoms with van der Waals surface area (Å²) in [5.41, 5.74) is 1.86. The lowest BCUT2D eigenvalue weighted by Gasteiger charge is -2.09. The molecule has 0 radical (unpaired) electrons. The van der Waals surface area contributed by atoms with Gasteiger partial charge in [0, 0.05) is 6.42 Å². The molecule has 0 atom stereocenters. The van der Waals surface area contributed by atoms with E-state index < -0.39 is 0 Å². The Morgan fingerprint density at radius 2 is 2.29 bits per heavy atom. The molecule has 1 saturated heterocycles. The van der Waals surface area contributed by atoms with Crippen LogP contribution in [0.15, 0.2) is 29.0 Å². The summed E-state index contributed by atoms with van der Waals surface area (Å²) in [4.78, 5) is 5.16. The maximum absolute atomic E-state index is 8.61. The summed E-state index contributed by atoms with van der Waals surface area (Å²) in [6.07, 6.45) is 6.47. The van der Waals surface area contributed by atoms with E-state index in [2.05, 4.69) is 11.2 Å². The lowest BCUT2D eigenvalue weighted by molar-refractivity contribution is -0.0934. The molecule has 1 aliphatic heterocycles. The molecular weight excluding hydrogens is 220 g/mol. The highest BCUT2D eigenvalue weighted by Gasteiger charge is 2.16. The molecule has 90 valence electrons. The molecule has 0 saturated carbocycles. The van der Waals surface area contributed by atoms with E-state index in [0.717, 1.165) is 11.3 Å². The van der Waals surface area contributed by atoms with Crippen LogP contribution in [0.3, 0.4) is 0 Å². The third kappa shape index (κ3) is 3.70. The molecule has 1 aliphatic carbocycles. The fourth-order valence-corrected chi connectivity index (χ4v) is 1.62. The van der Waals surface area contributed by atoms with Crippen molar-refractivity contribution in [3.05, 3.63) is 23.8 Å². The molecule has 5 nitrogen and oxygen atoms in total. The van der Waals surface area contributed by atoms with E-state index in [1.165, 1.54) is 0 Å². The van der Waals surface area contributed by atoms with Gasteiger partial charge in [0.15, 0.2) is 12.9 Å². The van der Waals surface area contributed by atoms with Crippen molar-refractivity contribution >= 4 is 5.71 Å². The van der Waals surface area contributed by atoms with Gasteiger partial charge in [-0.2, -0.15) is 5.26 Å². The van der Waals surface area contributed by atoms with Crippen molar-refractivity contribution in [2.75, 3.05) is 19.8 Å². The Labute approximate surface area is 99.9 Å². The highest BCUT2D eigenvalue weighted by Crippen LogP contribution is 2.13. The van der Waals surface area contributed by atoms with Gasteiger partial charge in [-0.1, -0.05) is 22.9 Å². The molecular formula is C12H14N2O3. The second kappa shape index (κ2) is 6.18. The lowest BCUT2D eigenvalue weighted by atomic mass is 10.0. The smallest absolute Gasteiger partial charge is 0.194 e. The van der Waals surface area contributed by atoms with Gasteiger partial charge in [-0.25, -0.2) is 0 Å². The zero-order chi connectivity index (χ0) is 11.9. The fraction of sp³-hybridized carbons (Fsp3) is 0.500. The Balaban J connectivity index is 1.77. The molecule has 0 spiro atoms. The van der Waals surface area contributed by atoms with E-state index in [0.29, 0.717) is 32.7 Å². The predicted molar refractivity (Wildman–Crippen MR) is 61.1 cm³/mol. The fourth-order valence-electron chi connectivity index (χ4n) is 1.62. The van der Waals surface area contributed by atoms with Gasteiger partial charge in [-0.05, 0) is 6.08 Å². The molecule has 0 aromatic carbocycles. The molecule has 2 aliphatic rings. The van der Waals surface area contributed by atoms with Gasteiger partial charge in [-0.15, -0.1) is 0 Å². The molecule has 0 bridgehead atoms. The van der Waals surface area contributed by atoms with Crippen LogP contribution in [0.25, 0.3) is 0 Å². The first kappa shape index (κ1) is 11.8. The Morgan fingerprint density at radius 3 is 3.06 bits per heavy atom. The van der Waals surface area contributed by atoms with Crippen LogP contribution in [-0.2, 0) is 14.3 Å². The maximum atomic E-state index is 8.61. The predicted octanol–water partition coefficient (Wildman–Crippen LogP) is 1.53. The van der Waals surface area contributed by atoms with Crippen molar-refractivity contribution in [3.8, 4) is 6.07 Å². The summed E-state index contributed by atoms with van der Waals surface area (Å²) >= 11 is 0. The molecule has 0 unspecified atom stereocenters. The number of allylic oxidation sites excluding steroid dienone is 4. The third-order valence-electron chi connectivity index (χ3n) is 2.42. The standard InChI is InChI=1S/C12H14N2O3/c13-5-4-10-2-1-3-11(8-10)14-17-9-12-15-6-7-16-12/h1-3,12H,4,6-9H2. The maximum Gasteiger partial charge on any atom is 0.194 e. The molecule has 0 N–H and O–H groups in total. The summed E-state index contributed by atoms with van der Waals surface area (Å²) in [5.74, 6) is 0. The van der Waals surface area contributed by atoms with Crippen molar-refractivity contribution in [2.24, 2.45) is 5.16 Å². The third-order valence-corrected chi connectivity index (χ3v) is 2.42. The topological polar surface area (TPSA) is 63.8 Å². The first-order chi connectivity index (χ1) is 8.38. The van der Waals surface area contributed by atoms with Crippen LogP contribution < -0.4 is 0 Å². The van der Waals surface area contributed by atoms with Crippen LogP contribution in [0.4, 0.5) is 0 Å². The lowest BCUT2D eigenvalue weighted by Crippen LogP contribution is -2.15. The van der Waals surface area contributed by atoms with E-state index >= 15 is 0 Å². The highest BCUT2D eigenvalue weighted by atomic mass is 16.7. The first-order valence-electron chi connectivity index (χ1n) is 5.53. The van der Waals surface area contributed by atoms with Gasteiger partial charge in [0.1, 0.15) is 0 Å². The molecule has 0 aromatic heterocycles. The molecule has 17 heavy (non-hydrogen) atoms. The van der Waals surface area contributed by atoms with Gasteiger partial charge in [-0.3, -0.25) is 0 Å². The second-order valence-corrected chi connectivity index (χ2v) is 3.75. The normalized spacial score (nSPS) is 22.5. The van der Waals surface area contributed by atoms with E-state index in [1.54, 1.807) is 0 Å². The summed E-state index contributed by atoms with van der Waals surface area (Å²) in [5, 5.41) is 12.6. The summed E-state index contributed by atoms with van der Waals surface area (Å²) in [7, 11) is 0. The minimum atomic E-state index is -0.305. The van der Waals surface area contributed by atoms with Crippen molar-refractivity contribution in [3.63, 3.8) is 0 Å². The number of hydrogen-bond donors (Lipinski definition) is 0. The van der Waals surface area contributed by atoms with E-state index in [4.69, 9.17) is 19.6 Å². The quantitative estimate of drug-likeness (QED) is 0.692. The molecule has 0 amide bonds. The summed E-state index contributed by atoms with van der Waals surface area (Å²) in [6, 6.07) is 2.12. The van der Waals surface area contributed by atoms with Gasteiger partial charge in [0.25, 0.3) is 0 Å². The van der Waals surface area contributed by atoms with Gasteiger partial charge in [0.05, 0.1) is 31.4 Å². The average molecular weight is 234 g/mol. The van der Waals surface area contributed by atoms with E-state index in [1.807, 2.05) is 18.2 Å². The number of nitriles is 1. The van der Waals surface area contributed by atoms with Crippen LogP contribution in [0.5, 0.6) is 0 Å². The van der Waals surface area contributed by atoms with Crippen LogP contribution in [-0.4, -0.2) is 31.8 Å². The van der Waals surface area contributed by atoms with E-state index in [9.17, 15) is 0 Å². The number of rotatable bonds is 4. The molecule has 5 heteroatoms. The highest BCUT2D eigenvalue weighted by molar-refractivity contribution is 5.97. The Kier molecular flexibility index (Phi) is 4.30. The zero-order valence-electron chi connectivity index (χ0n) is 9.46. The molecule has 0 aromatic rings. The van der Waals surface area contributed by atoms with Gasteiger partial charge < -0.3 is 14.3 Å². The van der Waals surface area contributed by atoms with Crippen LogP contribution in [0.1, 0.15) is 12.8 Å². The Hall–Kier alpha value is -1.64. The van der Waals surface area contributed by atoms with Crippen molar-refractivity contribution in [1.82, 2.24) is 0 Å². The number of nitrogens with zero attached hydrogens (tertiary/aromatic N) is 2. The van der Waals surface area contributed by atoms with E-state index in [-0.39, 0.29) is 6.29 Å². The van der Waals surface area contributed by atoms with Gasteiger partial charge in [0.2, 0.25) is 0 Å². The SMILES string of the molecule is N#CCC1=CC=CC(=NOCC2OCCO2)C1. The van der Waals surface area contributed by atoms with Gasteiger partial charge >= 0.3 is 0 Å². The molecule has 1 fully saturated rings. The Morgan fingerprint density at radius 1 is 1.47 bits per heavy atom. The average Bonchev–Trinajstić information content (AvgIpc) is 2.83. The minimum Gasteiger partial charge on any atom is -0.390 e. The molecule has 2 rings (SSSR count). The van der Waals surface area contributed by atoms with Crippen molar-refractivity contribution < 1.29 is 14.3 Å².